The van der Waals surface area contributed by atoms with Crippen molar-refractivity contribution in [3.63, 3.8) is 0 Å². The van der Waals surface area contributed by atoms with Crippen LogP contribution >= 0.6 is 0 Å². The second-order valence-electron chi connectivity index (χ2n) is 3.86. The summed E-state index contributed by atoms with van der Waals surface area (Å²) >= 11 is 0. The molecule has 2 atom stereocenters. The van der Waals surface area contributed by atoms with E-state index in [1.165, 1.54) is 4.90 Å². The average molecular weight is 239 g/mol. The van der Waals surface area contributed by atoms with Crippen molar-refractivity contribution >= 4 is 5.96 Å². The molecule has 1 heterocycles. The van der Waals surface area contributed by atoms with E-state index in [1.54, 1.807) is 6.92 Å². The monoisotopic (exact) mass is 239 g/mol. The summed E-state index contributed by atoms with van der Waals surface area (Å²) in [4.78, 5) is 1.24. The number of nitrogens with zero attached hydrogens (tertiary/aromatic N) is 1. The number of hydrogen-bond acceptors (Lipinski definition) is 2. The van der Waals surface area contributed by atoms with Crippen molar-refractivity contribution in [3.8, 4) is 0 Å². The Balaban J connectivity index is 2.67. The Hall–Kier alpha value is -0.980. The molecule has 1 aliphatic heterocycles. The lowest BCUT2D eigenvalue weighted by Gasteiger charge is -2.20. The normalized spacial score (nSPS) is 26.1. The first kappa shape index (κ1) is 13.1. The van der Waals surface area contributed by atoms with Gasteiger partial charge >= 0.3 is 6.18 Å². The van der Waals surface area contributed by atoms with Crippen LogP contribution < -0.4 is 5.73 Å². The van der Waals surface area contributed by atoms with Crippen LogP contribution in [0.2, 0.25) is 0 Å². The Kier molecular flexibility index (Phi) is 4.01. The lowest BCUT2D eigenvalue weighted by atomic mass is 9.96. The van der Waals surface area contributed by atoms with Crippen molar-refractivity contribution in [1.82, 2.24) is 4.90 Å². The molecule has 1 rings (SSSR count). The average Bonchev–Trinajstić information content (AvgIpc) is 2.57. The summed E-state index contributed by atoms with van der Waals surface area (Å²) in [7, 11) is 0. The summed E-state index contributed by atoms with van der Waals surface area (Å²) in [6.07, 6.45) is -4.26. The molecule has 0 aromatic heterocycles. The Morgan fingerprint density at radius 3 is 2.56 bits per heavy atom. The highest BCUT2D eigenvalue weighted by Gasteiger charge is 2.49. The largest absolute Gasteiger partial charge is 0.393 e. The third kappa shape index (κ3) is 3.01. The topological polar surface area (TPSA) is 62.3 Å². The molecule has 16 heavy (non-hydrogen) atoms. The molecule has 0 amide bonds. The third-order valence-corrected chi connectivity index (χ3v) is 2.74. The van der Waals surface area contributed by atoms with E-state index in [2.05, 4.69) is 0 Å². The molecule has 7 heteroatoms. The number of nitrogens with one attached hydrogen (secondary N) is 1. The van der Waals surface area contributed by atoms with Crippen molar-refractivity contribution in [3.05, 3.63) is 0 Å². The zero-order valence-corrected chi connectivity index (χ0v) is 9.05. The van der Waals surface area contributed by atoms with Gasteiger partial charge in [0.25, 0.3) is 0 Å². The van der Waals surface area contributed by atoms with E-state index in [-0.39, 0.29) is 25.7 Å². The van der Waals surface area contributed by atoms with Crippen LogP contribution in [0.1, 0.15) is 6.92 Å². The number of halogens is 3. The van der Waals surface area contributed by atoms with Gasteiger partial charge in [0, 0.05) is 25.6 Å². The van der Waals surface area contributed by atoms with Gasteiger partial charge in [-0.3, -0.25) is 5.41 Å². The van der Waals surface area contributed by atoms with Gasteiger partial charge in [-0.1, -0.05) is 0 Å². The van der Waals surface area contributed by atoms with Crippen LogP contribution in [0.3, 0.4) is 0 Å². The number of likely N-dealkylation sites (tertiary alicyclic amines) is 1. The summed E-state index contributed by atoms with van der Waals surface area (Å²) in [6, 6.07) is 0. The molecule has 0 aromatic carbocycles. The molecule has 0 aliphatic carbocycles. The zero-order chi connectivity index (χ0) is 12.3. The quantitative estimate of drug-likeness (QED) is 0.571. The van der Waals surface area contributed by atoms with E-state index in [9.17, 15) is 13.2 Å². The lowest BCUT2D eigenvalue weighted by molar-refractivity contribution is -0.183. The van der Waals surface area contributed by atoms with Crippen molar-refractivity contribution < 1.29 is 17.9 Å². The number of hydrogen-bond donors (Lipinski definition) is 2. The van der Waals surface area contributed by atoms with Gasteiger partial charge in [-0.15, -0.1) is 0 Å². The molecule has 0 saturated carbocycles. The fourth-order valence-electron chi connectivity index (χ4n) is 1.88. The molecule has 94 valence electrons. The summed E-state index contributed by atoms with van der Waals surface area (Å²) in [5, 5.41) is 7.15. The highest BCUT2D eigenvalue weighted by atomic mass is 19.4. The van der Waals surface area contributed by atoms with Crippen molar-refractivity contribution in [2.24, 2.45) is 17.6 Å². The molecule has 0 radical (unpaired) electrons. The number of nitrogens with two attached hydrogens (primary N) is 1. The third-order valence-electron chi connectivity index (χ3n) is 2.74. The van der Waals surface area contributed by atoms with E-state index in [1.807, 2.05) is 0 Å². The SMILES string of the molecule is CCOC[C@H]1CN(C(=N)N)C[C@H]1C(F)(F)F. The minimum Gasteiger partial charge on any atom is -0.381 e. The first-order chi connectivity index (χ1) is 7.36. The molecule has 0 bridgehead atoms. The first-order valence-corrected chi connectivity index (χ1v) is 5.09. The van der Waals surface area contributed by atoms with Gasteiger partial charge in [-0.25, -0.2) is 0 Å². The summed E-state index contributed by atoms with van der Waals surface area (Å²) < 4.78 is 43.1. The van der Waals surface area contributed by atoms with E-state index in [0.29, 0.717) is 6.61 Å². The second kappa shape index (κ2) is 4.90. The van der Waals surface area contributed by atoms with Crippen LogP contribution in [0.25, 0.3) is 0 Å². The lowest BCUT2D eigenvalue weighted by Crippen LogP contribution is -2.36. The van der Waals surface area contributed by atoms with Crippen LogP contribution in [-0.4, -0.2) is 43.3 Å². The predicted octanol–water partition coefficient (Wildman–Crippen LogP) is 1.03. The van der Waals surface area contributed by atoms with Gasteiger partial charge in [-0.05, 0) is 6.92 Å². The minimum atomic E-state index is -4.26. The van der Waals surface area contributed by atoms with Crippen LogP contribution in [0, 0.1) is 17.2 Å². The molecule has 1 saturated heterocycles. The molecule has 1 aliphatic rings. The van der Waals surface area contributed by atoms with Gasteiger partial charge in [-0.2, -0.15) is 13.2 Å². The van der Waals surface area contributed by atoms with Gasteiger partial charge in [0.1, 0.15) is 0 Å². The molecule has 0 unspecified atom stereocenters. The van der Waals surface area contributed by atoms with Gasteiger partial charge in [0.05, 0.1) is 12.5 Å². The number of ether oxygens (including phenoxy) is 1. The van der Waals surface area contributed by atoms with Crippen LogP contribution in [-0.2, 0) is 4.74 Å². The maximum Gasteiger partial charge on any atom is 0.393 e. The Morgan fingerprint density at radius 1 is 1.50 bits per heavy atom. The van der Waals surface area contributed by atoms with E-state index < -0.39 is 18.0 Å². The smallest absolute Gasteiger partial charge is 0.381 e. The molecule has 0 aromatic rings. The Labute approximate surface area is 92.0 Å². The molecular weight excluding hydrogens is 223 g/mol. The molecule has 4 nitrogen and oxygen atoms in total. The van der Waals surface area contributed by atoms with E-state index in [4.69, 9.17) is 15.9 Å². The van der Waals surface area contributed by atoms with Crippen LogP contribution in [0.4, 0.5) is 13.2 Å². The maximum absolute atomic E-state index is 12.7. The fourth-order valence-corrected chi connectivity index (χ4v) is 1.88. The highest BCUT2D eigenvalue weighted by molar-refractivity contribution is 5.74. The Bertz CT molecular complexity index is 257. The minimum absolute atomic E-state index is 0.0600. The molecule has 3 N–H and O–H groups in total. The standard InChI is InChI=1S/C9H16F3N3O/c1-2-16-5-6-3-15(8(13)14)4-7(6)9(10,11)12/h6-7H,2-5H2,1H3,(H3,13,14)/t6-,7-/m1/s1. The van der Waals surface area contributed by atoms with Gasteiger partial charge in [0.2, 0.25) is 0 Å². The van der Waals surface area contributed by atoms with Crippen LogP contribution in [0.15, 0.2) is 0 Å². The predicted molar refractivity (Wildman–Crippen MR) is 53.0 cm³/mol. The summed E-state index contributed by atoms with van der Waals surface area (Å²) in [5.41, 5.74) is 5.20. The molecular formula is C9H16F3N3O. The molecule has 1 fully saturated rings. The summed E-state index contributed by atoms with van der Waals surface area (Å²) in [6.45, 7) is 2.09. The number of alkyl halides is 3. The van der Waals surface area contributed by atoms with Crippen molar-refractivity contribution in [2.75, 3.05) is 26.3 Å². The Morgan fingerprint density at radius 2 is 2.12 bits per heavy atom. The van der Waals surface area contributed by atoms with Gasteiger partial charge in [0.15, 0.2) is 5.96 Å². The maximum atomic E-state index is 12.7. The summed E-state index contributed by atoms with van der Waals surface area (Å²) in [5.74, 6) is -2.40. The number of rotatable bonds is 3. The second-order valence-corrected chi connectivity index (χ2v) is 3.86. The van der Waals surface area contributed by atoms with Crippen molar-refractivity contribution in [2.45, 2.75) is 13.1 Å². The zero-order valence-electron chi connectivity index (χ0n) is 9.05. The van der Waals surface area contributed by atoms with E-state index in [0.717, 1.165) is 0 Å². The molecule has 0 spiro atoms. The van der Waals surface area contributed by atoms with Crippen molar-refractivity contribution in [1.29, 1.82) is 5.41 Å². The number of guanidine groups is 1. The van der Waals surface area contributed by atoms with Crippen LogP contribution in [0.5, 0.6) is 0 Å². The van der Waals surface area contributed by atoms with Gasteiger partial charge < -0.3 is 15.4 Å². The first-order valence-electron chi connectivity index (χ1n) is 5.09. The fraction of sp³-hybridized carbons (Fsp3) is 0.889. The van der Waals surface area contributed by atoms with E-state index >= 15 is 0 Å². The highest BCUT2D eigenvalue weighted by Crippen LogP contribution is 2.37.